The smallest absolute Gasteiger partial charge is 0.334 e. The van der Waals surface area contributed by atoms with Crippen molar-refractivity contribution in [1.29, 1.82) is 0 Å². The van der Waals surface area contributed by atoms with Gasteiger partial charge in [0, 0.05) is 33.3 Å². The largest absolute Gasteiger partial charge is 0.479 e. The van der Waals surface area contributed by atoms with Crippen LogP contribution in [0.25, 0.3) is 0 Å². The molecular weight excluding hydrogens is 362 g/mol. The Bertz CT molecular complexity index is 438. The van der Waals surface area contributed by atoms with Gasteiger partial charge in [-0.05, 0) is 40.7 Å². The second kappa shape index (κ2) is 11.6. The van der Waals surface area contributed by atoms with E-state index in [0.717, 1.165) is 13.1 Å². The summed E-state index contributed by atoms with van der Waals surface area (Å²) >= 11 is 0. The zero-order valence-corrected chi connectivity index (χ0v) is 17.0. The van der Waals surface area contributed by atoms with Gasteiger partial charge in [0.05, 0.1) is 17.7 Å². The number of carboxylic acids is 1. The molecule has 0 radical (unpaired) electrons. The van der Waals surface area contributed by atoms with Crippen LogP contribution in [0.1, 0.15) is 33.6 Å². The minimum absolute atomic E-state index is 0.0390. The molecule has 2 aliphatic heterocycles. The van der Waals surface area contributed by atoms with Crippen LogP contribution in [0, 0.1) is 0 Å². The lowest BCUT2D eigenvalue weighted by Crippen LogP contribution is -2.61. The van der Waals surface area contributed by atoms with Crippen LogP contribution in [0.4, 0.5) is 8.78 Å². The molecule has 2 heterocycles. The lowest BCUT2D eigenvalue weighted by atomic mass is 9.88. The molecule has 0 aliphatic carbocycles. The zero-order chi connectivity index (χ0) is 21.3. The lowest BCUT2D eigenvalue weighted by Gasteiger charge is -2.48. The number of carbonyl (C=O) groups excluding carboxylic acids is 1. The summed E-state index contributed by atoms with van der Waals surface area (Å²) in [6, 6.07) is 0. The average Bonchev–Trinajstić information content (AvgIpc) is 2.58. The molecule has 0 aromatic rings. The standard InChI is InChI=1S/C12H20F2N2O3.C5H12O.CH2O/c1-15-4-2-12(3-5-15)8-16(7-10(13)14)6-9(19-12)11(17)18;1-5(2,3)6-4;1-2/h9-10H,2-8H2,1H3,(H,17,18);1-4H3;1H2. The van der Waals surface area contributed by atoms with E-state index < -0.39 is 24.1 Å². The van der Waals surface area contributed by atoms with Crippen LogP contribution in [-0.4, -0.2) is 98.3 Å². The van der Waals surface area contributed by atoms with E-state index in [-0.39, 0.29) is 18.7 Å². The van der Waals surface area contributed by atoms with Gasteiger partial charge in [-0.25, -0.2) is 13.6 Å². The molecule has 1 unspecified atom stereocenters. The maximum Gasteiger partial charge on any atom is 0.334 e. The van der Waals surface area contributed by atoms with E-state index in [1.807, 2.05) is 34.6 Å². The third kappa shape index (κ3) is 10.1. The Hall–Kier alpha value is -1.16. The van der Waals surface area contributed by atoms with Crippen LogP contribution in [0.3, 0.4) is 0 Å². The van der Waals surface area contributed by atoms with Crippen LogP contribution in [0.2, 0.25) is 0 Å². The summed E-state index contributed by atoms with van der Waals surface area (Å²) in [5.74, 6) is -1.07. The quantitative estimate of drug-likeness (QED) is 0.778. The van der Waals surface area contributed by atoms with Crippen molar-refractivity contribution in [2.75, 3.05) is 46.9 Å². The van der Waals surface area contributed by atoms with Crippen molar-refractivity contribution in [3.05, 3.63) is 0 Å². The first-order valence-corrected chi connectivity index (χ1v) is 8.90. The first-order chi connectivity index (χ1) is 12.5. The van der Waals surface area contributed by atoms with E-state index in [4.69, 9.17) is 19.4 Å². The second-order valence-corrected chi connectivity index (χ2v) is 7.83. The molecule has 0 aromatic carbocycles. The maximum absolute atomic E-state index is 12.5. The number of hydrogen-bond acceptors (Lipinski definition) is 6. The van der Waals surface area contributed by atoms with E-state index in [1.54, 1.807) is 7.11 Å². The van der Waals surface area contributed by atoms with Gasteiger partial charge >= 0.3 is 5.97 Å². The first kappa shape index (κ1) is 25.8. The number of rotatable bonds is 3. The molecule has 0 saturated carbocycles. The molecule has 0 bridgehead atoms. The Balaban J connectivity index is 0.000000722. The number of nitrogens with zero attached hydrogens (tertiary/aromatic N) is 2. The molecule has 27 heavy (non-hydrogen) atoms. The van der Waals surface area contributed by atoms with Crippen LogP contribution in [-0.2, 0) is 19.1 Å². The van der Waals surface area contributed by atoms with E-state index in [1.165, 1.54) is 4.90 Å². The minimum Gasteiger partial charge on any atom is -0.479 e. The van der Waals surface area contributed by atoms with Gasteiger partial charge in [0.1, 0.15) is 6.79 Å². The molecular formula is C18H34F2N2O5. The van der Waals surface area contributed by atoms with Gasteiger partial charge in [-0.3, -0.25) is 4.90 Å². The SMILES string of the molecule is C=O.CN1CCC2(CC1)CN(CC(F)F)CC(C(=O)O)O2.COC(C)(C)C. The summed E-state index contributed by atoms with van der Waals surface area (Å²) in [7, 11) is 3.70. The Kier molecular flexibility index (Phi) is 11.1. The summed E-state index contributed by atoms with van der Waals surface area (Å²) in [5, 5.41) is 9.11. The Labute approximate surface area is 160 Å². The number of alkyl halides is 2. The predicted molar refractivity (Wildman–Crippen MR) is 98.3 cm³/mol. The molecule has 1 N–H and O–H groups in total. The average molecular weight is 396 g/mol. The van der Waals surface area contributed by atoms with E-state index in [0.29, 0.717) is 19.4 Å². The van der Waals surface area contributed by atoms with Crippen molar-refractivity contribution < 1.29 is 33.0 Å². The van der Waals surface area contributed by atoms with Gasteiger partial charge < -0.3 is 24.3 Å². The number of aliphatic carboxylic acids is 1. The summed E-state index contributed by atoms with van der Waals surface area (Å²) in [6.45, 7) is 9.72. The molecule has 2 saturated heterocycles. The van der Waals surface area contributed by atoms with E-state index in [2.05, 4.69) is 4.90 Å². The fourth-order valence-electron chi connectivity index (χ4n) is 2.85. The minimum atomic E-state index is -2.45. The third-order valence-corrected chi connectivity index (χ3v) is 4.51. The highest BCUT2D eigenvalue weighted by atomic mass is 19.3. The second-order valence-electron chi connectivity index (χ2n) is 7.83. The van der Waals surface area contributed by atoms with Crippen molar-refractivity contribution >= 4 is 12.8 Å². The van der Waals surface area contributed by atoms with Crippen molar-refractivity contribution in [1.82, 2.24) is 9.80 Å². The number of carboxylic acid groups (broad SMARTS) is 1. The number of morpholine rings is 1. The van der Waals surface area contributed by atoms with Crippen molar-refractivity contribution in [2.45, 2.75) is 57.3 Å². The van der Waals surface area contributed by atoms with Crippen LogP contribution < -0.4 is 0 Å². The number of methoxy groups -OCH3 is 1. The molecule has 9 heteroatoms. The Morgan fingerprint density at radius 3 is 2.19 bits per heavy atom. The Morgan fingerprint density at radius 2 is 1.81 bits per heavy atom. The summed E-state index contributed by atoms with van der Waals surface area (Å²) in [6.07, 6.45) is -2.08. The van der Waals surface area contributed by atoms with Gasteiger partial charge in [-0.15, -0.1) is 0 Å². The normalized spacial score (nSPS) is 23.2. The van der Waals surface area contributed by atoms with Gasteiger partial charge in [0.25, 0.3) is 6.43 Å². The molecule has 2 fully saturated rings. The highest BCUT2D eigenvalue weighted by Crippen LogP contribution is 2.32. The van der Waals surface area contributed by atoms with Gasteiger partial charge in [-0.1, -0.05) is 0 Å². The molecule has 160 valence electrons. The van der Waals surface area contributed by atoms with Crippen LogP contribution in [0.15, 0.2) is 0 Å². The van der Waals surface area contributed by atoms with E-state index in [9.17, 15) is 13.6 Å². The molecule has 1 spiro atoms. The van der Waals surface area contributed by atoms with Gasteiger partial charge in [-0.2, -0.15) is 0 Å². The predicted octanol–water partition coefficient (Wildman–Crippen LogP) is 1.75. The van der Waals surface area contributed by atoms with Crippen LogP contribution >= 0.6 is 0 Å². The van der Waals surface area contributed by atoms with Gasteiger partial charge in [0.2, 0.25) is 0 Å². The number of hydrogen-bond donors (Lipinski definition) is 1. The first-order valence-electron chi connectivity index (χ1n) is 8.90. The monoisotopic (exact) mass is 396 g/mol. The van der Waals surface area contributed by atoms with Crippen LogP contribution in [0.5, 0.6) is 0 Å². The highest BCUT2D eigenvalue weighted by Gasteiger charge is 2.44. The molecule has 2 rings (SSSR count). The highest BCUT2D eigenvalue weighted by molar-refractivity contribution is 5.72. The molecule has 2 aliphatic rings. The van der Waals surface area contributed by atoms with Gasteiger partial charge in [0.15, 0.2) is 6.10 Å². The fraction of sp³-hybridized carbons (Fsp3) is 0.889. The molecule has 1 atom stereocenters. The number of ether oxygens (including phenoxy) is 2. The number of halogens is 2. The van der Waals surface area contributed by atoms with Crippen molar-refractivity contribution in [3.63, 3.8) is 0 Å². The lowest BCUT2D eigenvalue weighted by molar-refractivity contribution is -0.197. The molecule has 7 nitrogen and oxygen atoms in total. The number of piperidine rings is 1. The Morgan fingerprint density at radius 1 is 1.33 bits per heavy atom. The number of carbonyl (C=O) groups is 2. The zero-order valence-electron chi connectivity index (χ0n) is 17.0. The fourth-order valence-corrected chi connectivity index (χ4v) is 2.85. The molecule has 0 amide bonds. The van der Waals surface area contributed by atoms with E-state index >= 15 is 0 Å². The van der Waals surface area contributed by atoms with Crippen molar-refractivity contribution in [2.24, 2.45) is 0 Å². The van der Waals surface area contributed by atoms with Crippen molar-refractivity contribution in [3.8, 4) is 0 Å². The molecule has 0 aromatic heterocycles. The topological polar surface area (TPSA) is 79.3 Å². The summed E-state index contributed by atoms with van der Waals surface area (Å²) in [4.78, 5) is 22.8. The number of likely N-dealkylation sites (tertiary alicyclic amines) is 1. The third-order valence-electron chi connectivity index (χ3n) is 4.51. The summed E-state index contributed by atoms with van der Waals surface area (Å²) < 4.78 is 35.7. The summed E-state index contributed by atoms with van der Waals surface area (Å²) in [5.41, 5.74) is -0.539. The maximum atomic E-state index is 12.5.